The Morgan fingerprint density at radius 1 is 1.04 bits per heavy atom. The van der Waals surface area contributed by atoms with Crippen LogP contribution in [0, 0.1) is 5.92 Å². The minimum absolute atomic E-state index is 0.0650. The quantitative estimate of drug-likeness (QED) is 0.772. The Labute approximate surface area is 149 Å². The van der Waals surface area contributed by atoms with Gasteiger partial charge in [0.15, 0.2) is 0 Å². The number of rotatable bonds is 3. The van der Waals surface area contributed by atoms with Crippen molar-refractivity contribution in [1.29, 1.82) is 0 Å². The molecule has 3 aliphatic rings. The second kappa shape index (κ2) is 8.06. The third kappa shape index (κ3) is 4.07. The Morgan fingerprint density at radius 3 is 2.32 bits per heavy atom. The van der Waals surface area contributed by atoms with Gasteiger partial charge in [0.05, 0.1) is 12.5 Å². The van der Waals surface area contributed by atoms with Gasteiger partial charge in [-0.2, -0.15) is 0 Å². The Balaban J connectivity index is 1.50. The van der Waals surface area contributed by atoms with Crippen LogP contribution in [0.25, 0.3) is 0 Å². The molecule has 25 heavy (non-hydrogen) atoms. The van der Waals surface area contributed by atoms with E-state index in [-0.39, 0.29) is 23.8 Å². The van der Waals surface area contributed by atoms with Crippen LogP contribution in [-0.2, 0) is 14.3 Å². The average molecular weight is 351 g/mol. The fraction of sp³-hybridized carbons (Fsp3) is 0.833. The summed E-state index contributed by atoms with van der Waals surface area (Å²) in [5.41, 5.74) is 0. The van der Waals surface area contributed by atoms with Crippen molar-refractivity contribution in [2.75, 3.05) is 39.3 Å². The molecular weight excluding hydrogens is 322 g/mol. The van der Waals surface area contributed by atoms with Crippen LogP contribution >= 0.6 is 0 Å². The SMILES string of the molecule is CCOC(=O)N1CCN(C(=O)C2CC(=O)N(C3CCCCC3)C2)CC1. The van der Waals surface area contributed by atoms with Crippen molar-refractivity contribution in [2.24, 2.45) is 5.92 Å². The molecule has 0 spiro atoms. The number of ether oxygens (including phenoxy) is 1. The fourth-order valence-corrected chi connectivity index (χ4v) is 4.23. The van der Waals surface area contributed by atoms with Gasteiger partial charge in [-0.15, -0.1) is 0 Å². The molecule has 1 unspecified atom stereocenters. The first-order valence-electron chi connectivity index (χ1n) is 9.60. The lowest BCUT2D eigenvalue weighted by Gasteiger charge is -2.35. The maximum absolute atomic E-state index is 12.8. The fourth-order valence-electron chi connectivity index (χ4n) is 4.23. The monoisotopic (exact) mass is 351 g/mol. The number of likely N-dealkylation sites (tertiary alicyclic amines) is 1. The van der Waals surface area contributed by atoms with Crippen molar-refractivity contribution in [3.63, 3.8) is 0 Å². The number of amides is 3. The standard InChI is InChI=1S/C18H29N3O4/c1-2-25-18(24)20-10-8-19(9-11-20)17(23)14-12-16(22)21(13-14)15-6-4-3-5-7-15/h14-15H,2-13H2,1H3. The summed E-state index contributed by atoms with van der Waals surface area (Å²) in [5.74, 6) is -0.0193. The van der Waals surface area contributed by atoms with Crippen molar-refractivity contribution in [1.82, 2.24) is 14.7 Å². The highest BCUT2D eigenvalue weighted by atomic mass is 16.6. The number of nitrogens with zero attached hydrogens (tertiary/aromatic N) is 3. The molecule has 140 valence electrons. The maximum Gasteiger partial charge on any atom is 0.409 e. The van der Waals surface area contributed by atoms with E-state index in [1.54, 1.807) is 16.7 Å². The molecule has 3 rings (SSSR count). The lowest BCUT2D eigenvalue weighted by Crippen LogP contribution is -2.52. The highest BCUT2D eigenvalue weighted by Crippen LogP contribution is 2.29. The van der Waals surface area contributed by atoms with E-state index < -0.39 is 0 Å². The summed E-state index contributed by atoms with van der Waals surface area (Å²) in [6.07, 6.45) is 5.80. The van der Waals surface area contributed by atoms with Gasteiger partial charge in [0.25, 0.3) is 0 Å². The van der Waals surface area contributed by atoms with Gasteiger partial charge in [-0.05, 0) is 19.8 Å². The molecule has 0 aromatic rings. The van der Waals surface area contributed by atoms with Gasteiger partial charge in [-0.1, -0.05) is 19.3 Å². The van der Waals surface area contributed by atoms with Crippen molar-refractivity contribution >= 4 is 17.9 Å². The Kier molecular flexibility index (Phi) is 5.81. The molecule has 2 aliphatic heterocycles. The van der Waals surface area contributed by atoms with Gasteiger partial charge in [-0.25, -0.2) is 4.79 Å². The van der Waals surface area contributed by atoms with Crippen LogP contribution in [0.5, 0.6) is 0 Å². The van der Waals surface area contributed by atoms with E-state index in [9.17, 15) is 14.4 Å². The van der Waals surface area contributed by atoms with Crippen LogP contribution in [0.2, 0.25) is 0 Å². The molecule has 0 aromatic heterocycles. The average Bonchev–Trinajstić information content (AvgIpc) is 3.04. The van der Waals surface area contributed by atoms with E-state index in [1.807, 2.05) is 4.90 Å². The predicted octanol–water partition coefficient (Wildman–Crippen LogP) is 1.47. The van der Waals surface area contributed by atoms with Gasteiger partial charge in [0.1, 0.15) is 0 Å². The largest absolute Gasteiger partial charge is 0.450 e. The number of hydrogen-bond donors (Lipinski definition) is 0. The van der Waals surface area contributed by atoms with E-state index in [0.717, 1.165) is 12.8 Å². The second-order valence-electron chi connectivity index (χ2n) is 7.25. The van der Waals surface area contributed by atoms with Crippen LogP contribution < -0.4 is 0 Å². The van der Waals surface area contributed by atoms with Gasteiger partial charge >= 0.3 is 6.09 Å². The lowest BCUT2D eigenvalue weighted by atomic mass is 9.94. The summed E-state index contributed by atoms with van der Waals surface area (Å²) in [6.45, 7) is 4.75. The van der Waals surface area contributed by atoms with Gasteiger partial charge < -0.3 is 19.4 Å². The minimum atomic E-state index is -0.311. The number of carbonyl (C=O) groups excluding carboxylic acids is 3. The van der Waals surface area contributed by atoms with Gasteiger partial charge in [0, 0.05) is 45.2 Å². The normalized spacial score (nSPS) is 25.4. The van der Waals surface area contributed by atoms with Crippen LogP contribution in [0.3, 0.4) is 0 Å². The van der Waals surface area contributed by atoms with E-state index in [4.69, 9.17) is 4.74 Å². The summed E-state index contributed by atoms with van der Waals surface area (Å²) in [7, 11) is 0. The van der Waals surface area contributed by atoms with Crippen molar-refractivity contribution in [3.05, 3.63) is 0 Å². The molecule has 7 heteroatoms. The summed E-state index contributed by atoms with van der Waals surface area (Å²) in [5, 5.41) is 0. The van der Waals surface area contributed by atoms with Crippen molar-refractivity contribution in [3.8, 4) is 0 Å². The first-order valence-corrected chi connectivity index (χ1v) is 9.60. The highest BCUT2D eigenvalue weighted by molar-refractivity contribution is 5.89. The molecule has 7 nitrogen and oxygen atoms in total. The van der Waals surface area contributed by atoms with E-state index in [0.29, 0.717) is 51.8 Å². The molecule has 0 aromatic carbocycles. The van der Waals surface area contributed by atoms with Gasteiger partial charge in [-0.3, -0.25) is 9.59 Å². The third-order valence-electron chi connectivity index (χ3n) is 5.64. The Bertz CT molecular complexity index is 510. The Morgan fingerprint density at radius 2 is 1.68 bits per heavy atom. The highest BCUT2D eigenvalue weighted by Gasteiger charge is 2.40. The molecule has 1 aliphatic carbocycles. The zero-order chi connectivity index (χ0) is 17.8. The van der Waals surface area contributed by atoms with Crippen LogP contribution in [0.4, 0.5) is 4.79 Å². The zero-order valence-corrected chi connectivity index (χ0v) is 15.1. The van der Waals surface area contributed by atoms with Crippen LogP contribution in [0.15, 0.2) is 0 Å². The summed E-state index contributed by atoms with van der Waals surface area (Å²) >= 11 is 0. The molecule has 0 bridgehead atoms. The molecular formula is C18H29N3O4. The molecule has 1 saturated carbocycles. The smallest absolute Gasteiger partial charge is 0.409 e. The van der Waals surface area contributed by atoms with Crippen LogP contribution in [0.1, 0.15) is 45.4 Å². The number of carbonyl (C=O) groups is 3. The summed E-state index contributed by atoms with van der Waals surface area (Å²) in [4.78, 5) is 42.3. The zero-order valence-electron chi connectivity index (χ0n) is 15.1. The van der Waals surface area contributed by atoms with Crippen molar-refractivity contribution < 1.29 is 19.1 Å². The van der Waals surface area contributed by atoms with Gasteiger partial charge in [0.2, 0.25) is 11.8 Å². The first-order chi connectivity index (χ1) is 12.1. The molecule has 2 saturated heterocycles. The Hall–Kier alpha value is -1.79. The summed E-state index contributed by atoms with van der Waals surface area (Å²) < 4.78 is 5.00. The second-order valence-corrected chi connectivity index (χ2v) is 7.25. The maximum atomic E-state index is 12.8. The van der Waals surface area contributed by atoms with E-state index in [1.165, 1.54) is 19.3 Å². The van der Waals surface area contributed by atoms with Crippen molar-refractivity contribution in [2.45, 2.75) is 51.5 Å². The van der Waals surface area contributed by atoms with E-state index in [2.05, 4.69) is 0 Å². The predicted molar refractivity (Wildman–Crippen MR) is 91.9 cm³/mol. The lowest BCUT2D eigenvalue weighted by molar-refractivity contribution is -0.137. The molecule has 0 N–H and O–H groups in total. The summed E-state index contributed by atoms with van der Waals surface area (Å²) in [6, 6.07) is 0.333. The number of piperazine rings is 1. The topological polar surface area (TPSA) is 70.2 Å². The minimum Gasteiger partial charge on any atom is -0.450 e. The third-order valence-corrected chi connectivity index (χ3v) is 5.64. The molecule has 3 amide bonds. The molecule has 0 radical (unpaired) electrons. The number of hydrogen-bond acceptors (Lipinski definition) is 4. The van der Waals surface area contributed by atoms with E-state index >= 15 is 0 Å². The first kappa shape index (κ1) is 18.0. The van der Waals surface area contributed by atoms with Crippen LogP contribution in [-0.4, -0.2) is 78.0 Å². The molecule has 2 heterocycles. The molecule has 3 fully saturated rings. The molecule has 1 atom stereocenters.